The van der Waals surface area contributed by atoms with Crippen LogP contribution in [0.25, 0.3) is 0 Å². The number of alkyl carbamates (subject to hydrolysis) is 1. The third-order valence-electron chi connectivity index (χ3n) is 1.06. The first-order valence-corrected chi connectivity index (χ1v) is 2.50. The van der Waals surface area contributed by atoms with Gasteiger partial charge in [0.15, 0.2) is 12.3 Å². The Morgan fingerprint density at radius 1 is 1.78 bits per heavy atom. The van der Waals surface area contributed by atoms with Gasteiger partial charge in [-0.1, -0.05) is 0 Å². The summed E-state index contributed by atoms with van der Waals surface area (Å²) in [5.74, 6) is 0. The van der Waals surface area contributed by atoms with Crippen LogP contribution in [0.3, 0.4) is 0 Å². The average molecular weight is 133 g/mol. The summed E-state index contributed by atoms with van der Waals surface area (Å²) in [7, 11) is 0. The highest BCUT2D eigenvalue weighted by molar-refractivity contribution is 5.69. The monoisotopic (exact) mass is 133 g/mol. The number of carbonyl (C=O) groups is 1. The Morgan fingerprint density at radius 2 is 2.44 bits per heavy atom. The molecule has 5 heteroatoms. The van der Waals surface area contributed by atoms with E-state index in [1.54, 1.807) is 0 Å². The van der Waals surface area contributed by atoms with Crippen LogP contribution >= 0.6 is 0 Å². The summed E-state index contributed by atoms with van der Waals surface area (Å²) in [5, 5.41) is 19.2. The van der Waals surface area contributed by atoms with E-state index < -0.39 is 18.4 Å². The zero-order chi connectivity index (χ0) is 6.85. The number of ether oxygens (including phenoxy) is 1. The highest BCUT2D eigenvalue weighted by Gasteiger charge is 2.31. The standard InChI is InChI=1S/C4H7NO4/c6-1-2-3(7)5-4(8)9-2/h2-3,6-7H,1H2,(H,5,8). The molecule has 9 heavy (non-hydrogen) atoms. The molecule has 0 aromatic carbocycles. The minimum Gasteiger partial charge on any atom is -0.439 e. The van der Waals surface area contributed by atoms with E-state index in [9.17, 15) is 4.79 Å². The molecule has 1 fully saturated rings. The van der Waals surface area contributed by atoms with Crippen molar-refractivity contribution in [3.63, 3.8) is 0 Å². The Bertz CT molecular complexity index is 126. The van der Waals surface area contributed by atoms with E-state index in [0.717, 1.165) is 0 Å². The van der Waals surface area contributed by atoms with E-state index in [4.69, 9.17) is 10.2 Å². The second-order valence-electron chi connectivity index (χ2n) is 1.72. The molecule has 1 heterocycles. The Labute approximate surface area is 51.2 Å². The van der Waals surface area contributed by atoms with Gasteiger partial charge >= 0.3 is 6.09 Å². The molecule has 0 spiro atoms. The summed E-state index contributed by atoms with van der Waals surface area (Å²) in [4.78, 5) is 10.2. The minimum atomic E-state index is -1.07. The largest absolute Gasteiger partial charge is 0.439 e. The molecular formula is C4H7NO4. The fraction of sp³-hybridized carbons (Fsp3) is 0.750. The van der Waals surface area contributed by atoms with E-state index in [1.165, 1.54) is 0 Å². The van der Waals surface area contributed by atoms with E-state index in [-0.39, 0.29) is 6.61 Å². The van der Waals surface area contributed by atoms with Gasteiger partial charge in [-0.25, -0.2) is 4.79 Å². The van der Waals surface area contributed by atoms with Crippen molar-refractivity contribution in [2.75, 3.05) is 6.61 Å². The third-order valence-corrected chi connectivity index (χ3v) is 1.06. The van der Waals surface area contributed by atoms with Gasteiger partial charge in [0.05, 0.1) is 6.61 Å². The minimum absolute atomic E-state index is 0.361. The van der Waals surface area contributed by atoms with Crippen LogP contribution in [0.5, 0.6) is 0 Å². The van der Waals surface area contributed by atoms with Crippen LogP contribution in [-0.2, 0) is 4.74 Å². The first-order valence-electron chi connectivity index (χ1n) is 2.50. The van der Waals surface area contributed by atoms with Crippen LogP contribution in [0.15, 0.2) is 0 Å². The highest BCUT2D eigenvalue weighted by Crippen LogP contribution is 2.03. The maximum absolute atomic E-state index is 10.2. The van der Waals surface area contributed by atoms with E-state index in [1.807, 2.05) is 0 Å². The number of cyclic esters (lactones) is 1. The fourth-order valence-corrected chi connectivity index (χ4v) is 0.587. The zero-order valence-corrected chi connectivity index (χ0v) is 4.57. The molecule has 1 amide bonds. The molecule has 0 saturated carbocycles. The summed E-state index contributed by atoms with van der Waals surface area (Å²) < 4.78 is 4.37. The van der Waals surface area contributed by atoms with Crippen molar-refractivity contribution >= 4 is 6.09 Å². The van der Waals surface area contributed by atoms with E-state index in [2.05, 4.69) is 10.1 Å². The zero-order valence-electron chi connectivity index (χ0n) is 4.57. The summed E-state index contributed by atoms with van der Waals surface area (Å²) >= 11 is 0. The summed E-state index contributed by atoms with van der Waals surface area (Å²) in [5.41, 5.74) is 0. The van der Waals surface area contributed by atoms with Gasteiger partial charge < -0.3 is 14.9 Å². The molecule has 0 aromatic heterocycles. The molecule has 52 valence electrons. The number of amides is 1. The number of rotatable bonds is 1. The molecule has 0 aromatic rings. The molecule has 5 nitrogen and oxygen atoms in total. The van der Waals surface area contributed by atoms with Crippen molar-refractivity contribution in [3.8, 4) is 0 Å². The molecule has 1 aliphatic rings. The van der Waals surface area contributed by atoms with Gasteiger partial charge in [0, 0.05) is 0 Å². The topological polar surface area (TPSA) is 78.8 Å². The average Bonchev–Trinajstić information content (AvgIpc) is 2.10. The van der Waals surface area contributed by atoms with Crippen LogP contribution in [0.2, 0.25) is 0 Å². The van der Waals surface area contributed by atoms with Crippen molar-refractivity contribution < 1.29 is 19.7 Å². The lowest BCUT2D eigenvalue weighted by Crippen LogP contribution is -2.32. The first-order chi connectivity index (χ1) is 4.24. The number of aliphatic hydroxyl groups is 2. The van der Waals surface area contributed by atoms with Gasteiger partial charge in [-0.2, -0.15) is 0 Å². The third kappa shape index (κ3) is 1.11. The lowest BCUT2D eigenvalue weighted by Gasteiger charge is -2.05. The highest BCUT2D eigenvalue weighted by atomic mass is 16.6. The van der Waals surface area contributed by atoms with Crippen molar-refractivity contribution in [2.45, 2.75) is 12.3 Å². The second-order valence-corrected chi connectivity index (χ2v) is 1.72. The summed E-state index contributed by atoms with van der Waals surface area (Å²) in [6.07, 6.45) is -2.57. The van der Waals surface area contributed by atoms with Crippen molar-refractivity contribution in [3.05, 3.63) is 0 Å². The Balaban J connectivity index is 2.47. The predicted molar refractivity (Wildman–Crippen MR) is 26.5 cm³/mol. The summed E-state index contributed by atoms with van der Waals surface area (Å²) in [6, 6.07) is 0. The SMILES string of the molecule is O=C1NC(O)C(CO)O1. The lowest BCUT2D eigenvalue weighted by atomic mass is 10.3. The van der Waals surface area contributed by atoms with Gasteiger partial charge in [-0.05, 0) is 0 Å². The molecule has 2 atom stereocenters. The van der Waals surface area contributed by atoms with Gasteiger partial charge in [0.1, 0.15) is 0 Å². The maximum Gasteiger partial charge on any atom is 0.409 e. The van der Waals surface area contributed by atoms with Crippen LogP contribution < -0.4 is 5.32 Å². The number of aliphatic hydroxyl groups excluding tert-OH is 2. The number of carbonyl (C=O) groups excluding carboxylic acids is 1. The van der Waals surface area contributed by atoms with Crippen LogP contribution in [0.4, 0.5) is 4.79 Å². The van der Waals surface area contributed by atoms with Gasteiger partial charge in [-0.3, -0.25) is 5.32 Å². The molecule has 2 unspecified atom stereocenters. The Kier molecular flexibility index (Phi) is 1.54. The van der Waals surface area contributed by atoms with Gasteiger partial charge in [-0.15, -0.1) is 0 Å². The predicted octanol–water partition coefficient (Wildman–Crippen LogP) is -1.59. The molecule has 1 aliphatic heterocycles. The van der Waals surface area contributed by atoms with Crippen LogP contribution in [0.1, 0.15) is 0 Å². The van der Waals surface area contributed by atoms with E-state index in [0.29, 0.717) is 0 Å². The van der Waals surface area contributed by atoms with Gasteiger partial charge in [0.25, 0.3) is 0 Å². The molecule has 1 rings (SSSR count). The van der Waals surface area contributed by atoms with Crippen molar-refractivity contribution in [1.82, 2.24) is 5.32 Å². The van der Waals surface area contributed by atoms with Crippen LogP contribution in [-0.4, -0.2) is 35.2 Å². The fourth-order valence-electron chi connectivity index (χ4n) is 0.587. The molecule has 3 N–H and O–H groups in total. The molecule has 1 saturated heterocycles. The van der Waals surface area contributed by atoms with E-state index >= 15 is 0 Å². The Morgan fingerprint density at radius 3 is 2.67 bits per heavy atom. The smallest absolute Gasteiger partial charge is 0.409 e. The molecule has 0 aliphatic carbocycles. The second kappa shape index (κ2) is 2.20. The maximum atomic E-state index is 10.2. The summed E-state index contributed by atoms with van der Waals surface area (Å²) in [6.45, 7) is -0.361. The van der Waals surface area contributed by atoms with Crippen molar-refractivity contribution in [2.24, 2.45) is 0 Å². The first kappa shape index (κ1) is 6.31. The Hall–Kier alpha value is -0.810. The van der Waals surface area contributed by atoms with Gasteiger partial charge in [0.2, 0.25) is 0 Å². The molecular weight excluding hydrogens is 126 g/mol. The van der Waals surface area contributed by atoms with Crippen molar-refractivity contribution in [1.29, 1.82) is 0 Å². The number of hydrogen-bond acceptors (Lipinski definition) is 4. The molecule has 0 radical (unpaired) electrons. The number of nitrogens with one attached hydrogen (secondary N) is 1. The molecule has 0 bridgehead atoms. The quantitative estimate of drug-likeness (QED) is 0.402. The lowest BCUT2D eigenvalue weighted by molar-refractivity contribution is 0.0190. The normalized spacial score (nSPS) is 33.8. The van der Waals surface area contributed by atoms with Crippen LogP contribution in [0, 0.1) is 0 Å². The number of hydrogen-bond donors (Lipinski definition) is 3.